The summed E-state index contributed by atoms with van der Waals surface area (Å²) in [7, 11) is 0. The van der Waals surface area contributed by atoms with Gasteiger partial charge in [-0.1, -0.05) is 84.5 Å². The van der Waals surface area contributed by atoms with Crippen LogP contribution in [0.1, 0.15) is 32.6 Å². The fraction of sp³-hybridized carbons (Fsp3) is 0.189. The van der Waals surface area contributed by atoms with Gasteiger partial charge in [0, 0.05) is 34.1 Å². The normalized spacial score (nSPS) is 19.9. The molecule has 40 heavy (non-hydrogen) atoms. The average molecular weight is 524 g/mol. The van der Waals surface area contributed by atoms with Gasteiger partial charge in [-0.3, -0.25) is 0 Å². The number of hydrogen-bond acceptors (Lipinski definition) is 3. The van der Waals surface area contributed by atoms with Gasteiger partial charge in [0.25, 0.3) is 0 Å². The number of allylic oxidation sites excluding steroid dienone is 6. The lowest BCUT2D eigenvalue weighted by Gasteiger charge is -2.39. The molecule has 0 aliphatic heterocycles. The molecule has 1 N–H and O–H groups in total. The van der Waals surface area contributed by atoms with Gasteiger partial charge in [0.1, 0.15) is 0 Å². The lowest BCUT2D eigenvalue weighted by Crippen LogP contribution is -2.42. The lowest BCUT2D eigenvalue weighted by molar-refractivity contribution is 0.612. The number of para-hydroxylation sites is 2. The fourth-order valence-corrected chi connectivity index (χ4v) is 5.80. The van der Waals surface area contributed by atoms with Crippen molar-refractivity contribution >= 4 is 22.7 Å². The SMILES string of the molecule is CC1=CC(N(c2ccccc2)C2C=CC(Nc3ccc(N(C4=CCCC=C4)c4ccccc4)cc3)=CC2)CC=C1. The molecule has 0 radical (unpaired) electrons. The Kier molecular flexibility index (Phi) is 7.81. The van der Waals surface area contributed by atoms with Gasteiger partial charge in [-0.2, -0.15) is 0 Å². The number of anilines is 4. The first-order chi connectivity index (χ1) is 19.7. The summed E-state index contributed by atoms with van der Waals surface area (Å²) in [5.41, 5.74) is 8.40. The van der Waals surface area contributed by atoms with Gasteiger partial charge in [-0.15, -0.1) is 0 Å². The van der Waals surface area contributed by atoms with E-state index in [1.807, 2.05) is 0 Å². The lowest BCUT2D eigenvalue weighted by atomic mass is 9.96. The number of nitrogens with one attached hydrogen (secondary N) is 1. The van der Waals surface area contributed by atoms with Gasteiger partial charge in [-0.05, 0) is 93.3 Å². The molecular weight excluding hydrogens is 486 g/mol. The van der Waals surface area contributed by atoms with E-state index in [2.05, 4.69) is 162 Å². The monoisotopic (exact) mass is 523 g/mol. The summed E-state index contributed by atoms with van der Waals surface area (Å²) in [5, 5.41) is 3.64. The highest BCUT2D eigenvalue weighted by molar-refractivity contribution is 5.72. The maximum Gasteiger partial charge on any atom is 0.0519 e. The standard InChI is InChI=1S/C37H37N3/c1-29-12-11-19-37(28-29)40(34-17-9-4-10-18-34)36-26-22-31(23-27-36)38-30-20-24-35(25-21-30)39(32-13-5-2-6-14-32)33-15-7-3-8-16-33/h2,4-7,9-18,20-26,28,36-38H,3,8,19,27H2,1H3. The van der Waals surface area contributed by atoms with E-state index in [4.69, 9.17) is 0 Å². The molecule has 0 saturated heterocycles. The molecule has 3 aliphatic rings. The van der Waals surface area contributed by atoms with Gasteiger partial charge >= 0.3 is 0 Å². The molecule has 3 aliphatic carbocycles. The van der Waals surface area contributed by atoms with Gasteiger partial charge in [0.05, 0.1) is 12.1 Å². The van der Waals surface area contributed by atoms with Crippen LogP contribution in [0.15, 0.2) is 157 Å². The number of hydrogen-bond donors (Lipinski definition) is 1. The second-order valence-corrected chi connectivity index (χ2v) is 10.6. The van der Waals surface area contributed by atoms with Crippen LogP contribution in [0.5, 0.6) is 0 Å². The van der Waals surface area contributed by atoms with Crippen LogP contribution in [0.2, 0.25) is 0 Å². The van der Waals surface area contributed by atoms with Crippen molar-refractivity contribution in [1.82, 2.24) is 0 Å². The van der Waals surface area contributed by atoms with E-state index in [0.717, 1.165) is 42.8 Å². The van der Waals surface area contributed by atoms with Crippen molar-refractivity contribution < 1.29 is 0 Å². The Balaban J connectivity index is 1.17. The Hall–Kier alpha value is -4.50. The predicted octanol–water partition coefficient (Wildman–Crippen LogP) is 9.46. The van der Waals surface area contributed by atoms with Crippen molar-refractivity contribution in [1.29, 1.82) is 0 Å². The van der Waals surface area contributed by atoms with Crippen LogP contribution < -0.4 is 15.1 Å². The summed E-state index contributed by atoms with van der Waals surface area (Å²) in [4.78, 5) is 4.90. The quantitative estimate of drug-likeness (QED) is 0.317. The highest BCUT2D eigenvalue weighted by Crippen LogP contribution is 2.33. The summed E-state index contributed by atoms with van der Waals surface area (Å²) >= 11 is 0. The van der Waals surface area contributed by atoms with Crippen molar-refractivity contribution in [2.45, 2.75) is 44.7 Å². The second-order valence-electron chi connectivity index (χ2n) is 10.6. The third kappa shape index (κ3) is 5.89. The van der Waals surface area contributed by atoms with Crippen molar-refractivity contribution in [2.75, 3.05) is 15.1 Å². The Morgan fingerprint density at radius 2 is 1.38 bits per heavy atom. The van der Waals surface area contributed by atoms with E-state index in [9.17, 15) is 0 Å². The molecule has 0 bridgehead atoms. The highest BCUT2D eigenvalue weighted by atomic mass is 15.2. The maximum absolute atomic E-state index is 3.64. The number of benzene rings is 3. The molecule has 0 saturated carbocycles. The van der Waals surface area contributed by atoms with Gasteiger partial charge in [0.15, 0.2) is 0 Å². The minimum absolute atomic E-state index is 0.312. The van der Waals surface area contributed by atoms with Gasteiger partial charge in [-0.25, -0.2) is 0 Å². The fourth-order valence-electron chi connectivity index (χ4n) is 5.80. The van der Waals surface area contributed by atoms with Gasteiger partial charge < -0.3 is 15.1 Å². The summed E-state index contributed by atoms with van der Waals surface area (Å²) in [6.45, 7) is 2.19. The third-order valence-corrected chi connectivity index (χ3v) is 7.72. The molecule has 0 fully saturated rings. The third-order valence-electron chi connectivity index (χ3n) is 7.72. The van der Waals surface area contributed by atoms with E-state index in [1.54, 1.807) is 0 Å². The van der Waals surface area contributed by atoms with E-state index in [0.29, 0.717) is 12.1 Å². The summed E-state index contributed by atoms with van der Waals surface area (Å²) in [6, 6.07) is 30.9. The van der Waals surface area contributed by atoms with Crippen LogP contribution in [0.4, 0.5) is 22.7 Å². The maximum atomic E-state index is 3.64. The van der Waals surface area contributed by atoms with Crippen molar-refractivity contribution in [3.05, 3.63) is 157 Å². The molecule has 3 nitrogen and oxygen atoms in total. The summed E-state index contributed by atoms with van der Waals surface area (Å²) in [6.07, 6.45) is 24.8. The van der Waals surface area contributed by atoms with Crippen LogP contribution in [0.25, 0.3) is 0 Å². The van der Waals surface area contributed by atoms with Crippen molar-refractivity contribution in [3.8, 4) is 0 Å². The van der Waals surface area contributed by atoms with E-state index in [1.165, 1.54) is 22.6 Å². The van der Waals surface area contributed by atoms with Crippen LogP contribution in [0.3, 0.4) is 0 Å². The number of nitrogens with zero attached hydrogens (tertiary/aromatic N) is 2. The predicted molar refractivity (Wildman–Crippen MR) is 171 cm³/mol. The Labute approximate surface area is 238 Å². The molecule has 6 rings (SSSR count). The zero-order valence-corrected chi connectivity index (χ0v) is 23.2. The molecule has 3 aromatic rings. The molecule has 2 atom stereocenters. The first kappa shape index (κ1) is 25.8. The van der Waals surface area contributed by atoms with E-state index < -0.39 is 0 Å². The van der Waals surface area contributed by atoms with Crippen LogP contribution in [0, 0.1) is 0 Å². The first-order valence-corrected chi connectivity index (χ1v) is 14.4. The topological polar surface area (TPSA) is 18.5 Å². The Morgan fingerprint density at radius 3 is 2.02 bits per heavy atom. The van der Waals surface area contributed by atoms with Gasteiger partial charge in [0.2, 0.25) is 0 Å². The minimum Gasteiger partial charge on any atom is -0.358 e. The Morgan fingerprint density at radius 1 is 0.650 bits per heavy atom. The Bertz CT molecular complexity index is 1470. The number of rotatable bonds is 8. The minimum atomic E-state index is 0.312. The molecule has 3 heteroatoms. The molecule has 3 aromatic carbocycles. The zero-order valence-electron chi connectivity index (χ0n) is 23.2. The molecule has 0 spiro atoms. The first-order valence-electron chi connectivity index (χ1n) is 14.4. The summed E-state index contributed by atoms with van der Waals surface area (Å²) < 4.78 is 0. The van der Waals surface area contributed by atoms with Crippen LogP contribution >= 0.6 is 0 Å². The zero-order chi connectivity index (χ0) is 27.1. The van der Waals surface area contributed by atoms with Crippen LogP contribution in [-0.2, 0) is 0 Å². The average Bonchev–Trinajstić information content (AvgIpc) is 3.01. The molecule has 200 valence electrons. The molecule has 0 amide bonds. The van der Waals surface area contributed by atoms with E-state index in [-0.39, 0.29) is 0 Å². The highest BCUT2D eigenvalue weighted by Gasteiger charge is 2.25. The van der Waals surface area contributed by atoms with Crippen LogP contribution in [-0.4, -0.2) is 12.1 Å². The smallest absolute Gasteiger partial charge is 0.0519 e. The molecule has 0 heterocycles. The van der Waals surface area contributed by atoms with Crippen molar-refractivity contribution in [3.63, 3.8) is 0 Å². The summed E-state index contributed by atoms with van der Waals surface area (Å²) in [5.74, 6) is 0. The second kappa shape index (κ2) is 12.1. The molecular formula is C37H37N3. The van der Waals surface area contributed by atoms with Crippen molar-refractivity contribution in [2.24, 2.45) is 0 Å². The molecule has 2 unspecified atom stereocenters. The largest absolute Gasteiger partial charge is 0.358 e. The van der Waals surface area contributed by atoms with E-state index >= 15 is 0 Å². The molecule has 0 aromatic heterocycles.